The van der Waals surface area contributed by atoms with E-state index in [9.17, 15) is 0 Å². The molecule has 0 fully saturated rings. The SMILES string of the molecule is CC(C)c1csc(-c2cc3cc(OCc4ccccc4CC#N)ccc3o2)n1. The van der Waals surface area contributed by atoms with Gasteiger partial charge in [-0.1, -0.05) is 38.1 Å². The minimum absolute atomic E-state index is 0.385. The number of nitrogens with zero attached hydrogens (tertiary/aromatic N) is 2. The van der Waals surface area contributed by atoms with E-state index in [0.29, 0.717) is 18.9 Å². The van der Waals surface area contributed by atoms with Crippen LogP contribution in [0.25, 0.3) is 21.7 Å². The Morgan fingerprint density at radius 1 is 1.14 bits per heavy atom. The molecular formula is C23H20N2O2S. The monoisotopic (exact) mass is 388 g/mol. The van der Waals surface area contributed by atoms with Crippen LogP contribution in [0, 0.1) is 11.3 Å². The highest BCUT2D eigenvalue weighted by molar-refractivity contribution is 7.13. The summed E-state index contributed by atoms with van der Waals surface area (Å²) in [5.74, 6) is 1.95. The lowest BCUT2D eigenvalue weighted by Crippen LogP contribution is -1.99. The average Bonchev–Trinajstić information content (AvgIpc) is 3.34. The van der Waals surface area contributed by atoms with E-state index in [1.807, 2.05) is 48.5 Å². The largest absolute Gasteiger partial charge is 0.489 e. The molecule has 0 spiro atoms. The number of aromatic nitrogens is 1. The van der Waals surface area contributed by atoms with Crippen molar-refractivity contribution >= 4 is 22.3 Å². The number of benzene rings is 2. The molecule has 0 aliphatic rings. The maximum absolute atomic E-state index is 8.97. The molecule has 2 aromatic heterocycles. The van der Waals surface area contributed by atoms with Gasteiger partial charge in [-0.05, 0) is 41.3 Å². The summed E-state index contributed by atoms with van der Waals surface area (Å²) in [6.45, 7) is 4.70. The maximum Gasteiger partial charge on any atom is 0.164 e. The molecule has 0 bridgehead atoms. The summed E-state index contributed by atoms with van der Waals surface area (Å²) in [4.78, 5) is 4.67. The Balaban J connectivity index is 1.54. The van der Waals surface area contributed by atoms with Crippen LogP contribution < -0.4 is 4.74 Å². The van der Waals surface area contributed by atoms with E-state index >= 15 is 0 Å². The van der Waals surface area contributed by atoms with Crippen LogP contribution in [0.1, 0.15) is 36.6 Å². The van der Waals surface area contributed by atoms with E-state index in [1.165, 1.54) is 0 Å². The highest BCUT2D eigenvalue weighted by atomic mass is 32.1. The maximum atomic E-state index is 8.97. The zero-order valence-electron chi connectivity index (χ0n) is 15.8. The number of thiazole rings is 1. The molecule has 5 heteroatoms. The van der Waals surface area contributed by atoms with Crippen molar-refractivity contribution < 1.29 is 9.15 Å². The summed E-state index contributed by atoms with van der Waals surface area (Å²) >= 11 is 1.60. The molecule has 2 heterocycles. The molecule has 4 aromatic rings. The first-order valence-corrected chi connectivity index (χ1v) is 10.1. The average molecular weight is 388 g/mol. The molecule has 0 atom stereocenters. The van der Waals surface area contributed by atoms with Gasteiger partial charge in [-0.2, -0.15) is 5.26 Å². The molecule has 28 heavy (non-hydrogen) atoms. The van der Waals surface area contributed by atoms with Crippen LogP contribution in [0.15, 0.2) is 58.3 Å². The Morgan fingerprint density at radius 3 is 2.71 bits per heavy atom. The van der Waals surface area contributed by atoms with Crippen molar-refractivity contribution in [3.63, 3.8) is 0 Å². The molecule has 0 aliphatic heterocycles. The van der Waals surface area contributed by atoms with Gasteiger partial charge in [0.2, 0.25) is 0 Å². The van der Waals surface area contributed by atoms with Crippen LogP contribution in [-0.2, 0) is 13.0 Å². The smallest absolute Gasteiger partial charge is 0.164 e. The van der Waals surface area contributed by atoms with Crippen molar-refractivity contribution in [1.29, 1.82) is 5.26 Å². The first-order chi connectivity index (χ1) is 13.6. The van der Waals surface area contributed by atoms with Crippen molar-refractivity contribution in [2.45, 2.75) is 32.8 Å². The molecule has 0 amide bonds. The highest BCUT2D eigenvalue weighted by Gasteiger charge is 2.13. The lowest BCUT2D eigenvalue weighted by atomic mass is 10.1. The van der Waals surface area contributed by atoms with Crippen LogP contribution in [0.2, 0.25) is 0 Å². The van der Waals surface area contributed by atoms with Gasteiger partial charge in [-0.25, -0.2) is 4.98 Å². The normalized spacial score (nSPS) is 11.1. The summed E-state index contributed by atoms with van der Waals surface area (Å²) in [6, 6.07) is 17.9. The Morgan fingerprint density at radius 2 is 1.96 bits per heavy atom. The van der Waals surface area contributed by atoms with E-state index in [-0.39, 0.29) is 0 Å². The second-order valence-electron chi connectivity index (χ2n) is 6.93. The van der Waals surface area contributed by atoms with Crippen LogP contribution in [0.3, 0.4) is 0 Å². The molecule has 0 unspecified atom stereocenters. The van der Waals surface area contributed by atoms with E-state index < -0.39 is 0 Å². The summed E-state index contributed by atoms with van der Waals surface area (Å²) in [5.41, 5.74) is 3.93. The molecule has 2 aromatic carbocycles. The Labute approximate surface area is 168 Å². The zero-order valence-corrected chi connectivity index (χ0v) is 16.6. The van der Waals surface area contributed by atoms with E-state index in [1.54, 1.807) is 11.3 Å². The van der Waals surface area contributed by atoms with Gasteiger partial charge in [0.1, 0.15) is 17.9 Å². The lowest BCUT2D eigenvalue weighted by Gasteiger charge is -2.09. The molecular weight excluding hydrogens is 368 g/mol. The van der Waals surface area contributed by atoms with Crippen molar-refractivity contribution in [2.75, 3.05) is 0 Å². The number of nitriles is 1. The van der Waals surface area contributed by atoms with Gasteiger partial charge in [-0.15, -0.1) is 11.3 Å². The van der Waals surface area contributed by atoms with Gasteiger partial charge < -0.3 is 9.15 Å². The summed E-state index contributed by atoms with van der Waals surface area (Å²) in [6.07, 6.45) is 0.385. The minimum Gasteiger partial charge on any atom is -0.489 e. The van der Waals surface area contributed by atoms with Crippen LogP contribution in [0.5, 0.6) is 5.75 Å². The van der Waals surface area contributed by atoms with Crippen molar-refractivity contribution in [3.05, 3.63) is 70.7 Å². The van der Waals surface area contributed by atoms with Crippen LogP contribution in [-0.4, -0.2) is 4.98 Å². The Kier molecular flexibility index (Phi) is 5.14. The summed E-state index contributed by atoms with van der Waals surface area (Å²) < 4.78 is 11.9. The number of fused-ring (bicyclic) bond motifs is 1. The summed E-state index contributed by atoms with van der Waals surface area (Å²) in [5, 5.41) is 12.9. The second-order valence-corrected chi connectivity index (χ2v) is 7.79. The Bertz CT molecular complexity index is 1150. The second kappa shape index (κ2) is 7.87. The Hall–Kier alpha value is -3.10. The number of hydrogen-bond acceptors (Lipinski definition) is 5. The number of ether oxygens (including phenoxy) is 1. The first kappa shape index (κ1) is 18.3. The van der Waals surface area contributed by atoms with E-state index in [2.05, 4.69) is 30.3 Å². The van der Waals surface area contributed by atoms with Crippen molar-refractivity contribution in [1.82, 2.24) is 4.98 Å². The molecule has 4 nitrogen and oxygen atoms in total. The standard InChI is InChI=1S/C23H20N2O2S/c1-15(2)20-14-28-23(25-20)22-12-18-11-19(7-8-21(18)27-22)26-13-17-6-4-3-5-16(17)9-10-24/h3-8,11-12,14-15H,9,13H2,1-2H3. The van der Waals surface area contributed by atoms with Crippen molar-refractivity contribution in [2.24, 2.45) is 0 Å². The molecule has 0 saturated carbocycles. The minimum atomic E-state index is 0.385. The third-order valence-corrected chi connectivity index (χ3v) is 5.47. The van der Waals surface area contributed by atoms with Gasteiger partial charge in [0.15, 0.2) is 10.8 Å². The highest BCUT2D eigenvalue weighted by Crippen LogP contribution is 2.33. The van der Waals surface area contributed by atoms with Gasteiger partial charge in [0.25, 0.3) is 0 Å². The van der Waals surface area contributed by atoms with Gasteiger partial charge in [-0.3, -0.25) is 0 Å². The van der Waals surface area contributed by atoms with E-state index in [0.717, 1.165) is 44.3 Å². The fraction of sp³-hybridized carbons (Fsp3) is 0.217. The topological polar surface area (TPSA) is 59.0 Å². The number of hydrogen-bond donors (Lipinski definition) is 0. The molecule has 0 radical (unpaired) electrons. The fourth-order valence-electron chi connectivity index (χ4n) is 3.00. The molecule has 0 saturated heterocycles. The first-order valence-electron chi connectivity index (χ1n) is 9.20. The van der Waals surface area contributed by atoms with Gasteiger partial charge in [0, 0.05) is 10.8 Å². The molecule has 0 aliphatic carbocycles. The lowest BCUT2D eigenvalue weighted by molar-refractivity contribution is 0.305. The number of rotatable bonds is 6. The quantitative estimate of drug-likeness (QED) is 0.387. The number of furan rings is 1. The van der Waals surface area contributed by atoms with Crippen molar-refractivity contribution in [3.8, 4) is 22.6 Å². The molecule has 0 N–H and O–H groups in total. The van der Waals surface area contributed by atoms with Gasteiger partial charge in [0.05, 0.1) is 18.2 Å². The zero-order chi connectivity index (χ0) is 19.5. The van der Waals surface area contributed by atoms with Crippen LogP contribution >= 0.6 is 11.3 Å². The van der Waals surface area contributed by atoms with Crippen LogP contribution in [0.4, 0.5) is 0 Å². The predicted octanol–water partition coefficient (Wildman–Crippen LogP) is 6.32. The van der Waals surface area contributed by atoms with E-state index in [4.69, 9.17) is 14.4 Å². The molecule has 4 rings (SSSR count). The fourth-order valence-corrected chi connectivity index (χ4v) is 3.93. The predicted molar refractivity (Wildman–Crippen MR) is 112 cm³/mol. The van der Waals surface area contributed by atoms with Gasteiger partial charge >= 0.3 is 0 Å². The molecule has 140 valence electrons. The third-order valence-electron chi connectivity index (χ3n) is 4.59. The summed E-state index contributed by atoms with van der Waals surface area (Å²) in [7, 11) is 0. The third kappa shape index (κ3) is 3.78.